The van der Waals surface area contributed by atoms with Crippen molar-refractivity contribution < 1.29 is 26.5 Å². The average Bonchev–Trinajstić information content (AvgIpc) is 3.53. The largest absolute Gasteiger partial charge is 0.364 e. The molecular formula is C27H27F2N7O4S. The van der Waals surface area contributed by atoms with Crippen LogP contribution in [0.3, 0.4) is 0 Å². The van der Waals surface area contributed by atoms with Crippen molar-refractivity contribution in [2.45, 2.75) is 50.4 Å². The molecular weight excluding hydrogens is 556 g/mol. The van der Waals surface area contributed by atoms with Crippen molar-refractivity contribution in [1.29, 1.82) is 0 Å². The van der Waals surface area contributed by atoms with Gasteiger partial charge in [0.15, 0.2) is 17.5 Å². The van der Waals surface area contributed by atoms with E-state index >= 15 is 4.39 Å². The zero-order valence-corrected chi connectivity index (χ0v) is 22.9. The molecule has 6 rings (SSSR count). The van der Waals surface area contributed by atoms with Gasteiger partial charge >= 0.3 is 0 Å². The number of carbonyl (C=O) groups excluding carboxylic acids is 1. The molecule has 14 heteroatoms. The first-order chi connectivity index (χ1) is 19.7. The number of hydrogen-bond donors (Lipinski definition) is 1. The third kappa shape index (κ3) is 5.43. The Labute approximate surface area is 234 Å². The minimum atomic E-state index is -3.78. The summed E-state index contributed by atoms with van der Waals surface area (Å²) in [6, 6.07) is 8.63. The number of nitrogens with one attached hydrogen (secondary N) is 1. The van der Waals surface area contributed by atoms with Crippen LogP contribution in [0.2, 0.25) is 0 Å². The molecule has 1 aromatic carbocycles. The number of halogens is 2. The van der Waals surface area contributed by atoms with Gasteiger partial charge in [-0.1, -0.05) is 30.3 Å². The number of aromatic nitrogens is 5. The van der Waals surface area contributed by atoms with E-state index < -0.39 is 38.9 Å². The second-order valence-electron chi connectivity index (χ2n) is 10.4. The number of nitrogens with zero attached hydrogens (tertiary/aromatic N) is 6. The summed E-state index contributed by atoms with van der Waals surface area (Å²) in [6.45, 7) is 2.20. The number of amides is 1. The van der Waals surface area contributed by atoms with Gasteiger partial charge in [-0.25, -0.2) is 27.2 Å². The topological polar surface area (TPSA) is 136 Å². The maximum atomic E-state index is 15.2. The van der Waals surface area contributed by atoms with Gasteiger partial charge in [-0.2, -0.15) is 5.10 Å². The number of hydrogen-bond acceptors (Lipinski definition) is 9. The maximum Gasteiger partial charge on any atom is 0.256 e. The minimum Gasteiger partial charge on any atom is -0.364 e. The fourth-order valence-corrected chi connectivity index (χ4v) is 6.48. The van der Waals surface area contributed by atoms with Gasteiger partial charge in [0.1, 0.15) is 29.5 Å². The van der Waals surface area contributed by atoms with E-state index in [1.807, 2.05) is 6.92 Å². The molecule has 1 saturated heterocycles. The molecule has 0 radical (unpaired) electrons. The summed E-state index contributed by atoms with van der Waals surface area (Å²) in [6.07, 6.45) is 4.74. The summed E-state index contributed by atoms with van der Waals surface area (Å²) in [5.74, 6) is -2.17. The van der Waals surface area contributed by atoms with Crippen LogP contribution in [0.15, 0.2) is 53.4 Å². The zero-order valence-electron chi connectivity index (χ0n) is 22.1. The van der Waals surface area contributed by atoms with Gasteiger partial charge in [0.25, 0.3) is 5.91 Å². The SMILES string of the molecule is C[C@H]1CCCN(c2nc(-c3cc(-c4ccon4)n(Cc4ccccc4F)n3)ncc2F)[C@@H]1C(=O)NS(=O)(=O)C1CC1. The molecule has 1 aliphatic carbocycles. The number of piperidine rings is 1. The van der Waals surface area contributed by atoms with E-state index in [1.165, 1.54) is 21.9 Å². The predicted octanol–water partition coefficient (Wildman–Crippen LogP) is 3.53. The third-order valence-corrected chi connectivity index (χ3v) is 9.23. The van der Waals surface area contributed by atoms with Gasteiger partial charge in [0, 0.05) is 18.2 Å². The molecule has 2 aliphatic rings. The fraction of sp³-hybridized carbons (Fsp3) is 0.370. The predicted molar refractivity (Wildman–Crippen MR) is 144 cm³/mol. The van der Waals surface area contributed by atoms with Gasteiger partial charge in [-0.05, 0) is 43.7 Å². The second kappa shape index (κ2) is 10.7. The first-order valence-corrected chi connectivity index (χ1v) is 14.8. The quantitative estimate of drug-likeness (QED) is 0.330. The van der Waals surface area contributed by atoms with Gasteiger partial charge in [-0.3, -0.25) is 14.2 Å². The van der Waals surface area contributed by atoms with Gasteiger partial charge in [0.05, 0.1) is 23.7 Å². The van der Waals surface area contributed by atoms with Crippen LogP contribution in [0.4, 0.5) is 14.6 Å². The number of anilines is 1. The molecule has 2 atom stereocenters. The van der Waals surface area contributed by atoms with Crippen LogP contribution in [0, 0.1) is 17.6 Å². The highest BCUT2D eigenvalue weighted by atomic mass is 32.2. The van der Waals surface area contributed by atoms with E-state index in [9.17, 15) is 17.6 Å². The van der Waals surface area contributed by atoms with Crippen molar-refractivity contribution in [3.05, 3.63) is 66.1 Å². The highest BCUT2D eigenvalue weighted by Crippen LogP contribution is 2.33. The first kappa shape index (κ1) is 27.0. The average molecular weight is 584 g/mol. The second-order valence-corrected chi connectivity index (χ2v) is 12.3. The molecule has 214 valence electrons. The van der Waals surface area contributed by atoms with Crippen LogP contribution in [0.5, 0.6) is 0 Å². The van der Waals surface area contributed by atoms with Crippen molar-refractivity contribution in [3.8, 4) is 22.9 Å². The van der Waals surface area contributed by atoms with Crippen molar-refractivity contribution in [3.63, 3.8) is 0 Å². The first-order valence-electron chi connectivity index (χ1n) is 13.3. The molecule has 1 aliphatic heterocycles. The molecule has 11 nitrogen and oxygen atoms in total. The Morgan fingerprint density at radius 3 is 2.66 bits per heavy atom. The standard InChI is InChI=1S/C27H27F2N7O4S/c1-16-5-4-11-35(24(16)27(37)34-41(38,39)18-8-9-18)26-20(29)14-30-25(31-26)22-13-23(21-10-12-40-33-21)36(32-22)15-17-6-2-3-7-19(17)28/h2-3,6-7,10,12-14,16,18,24H,4-5,8-9,11,15H2,1H3,(H,34,37)/t16-,24-/m0/s1. The molecule has 1 amide bonds. The number of sulfonamides is 1. The lowest BCUT2D eigenvalue weighted by molar-refractivity contribution is -0.122. The third-order valence-electron chi connectivity index (χ3n) is 7.39. The summed E-state index contributed by atoms with van der Waals surface area (Å²) in [5.41, 5.74) is 1.61. The number of benzene rings is 1. The van der Waals surface area contributed by atoms with E-state index in [4.69, 9.17) is 4.52 Å². The maximum absolute atomic E-state index is 15.2. The smallest absolute Gasteiger partial charge is 0.256 e. The Morgan fingerprint density at radius 1 is 1.12 bits per heavy atom. The summed E-state index contributed by atoms with van der Waals surface area (Å²) < 4.78 is 63.4. The van der Waals surface area contributed by atoms with Gasteiger partial charge in [0.2, 0.25) is 10.0 Å². The summed E-state index contributed by atoms with van der Waals surface area (Å²) >= 11 is 0. The molecule has 41 heavy (non-hydrogen) atoms. The number of rotatable bonds is 8. The monoisotopic (exact) mass is 583 g/mol. The van der Waals surface area contributed by atoms with E-state index in [0.29, 0.717) is 49.2 Å². The van der Waals surface area contributed by atoms with Crippen molar-refractivity contribution in [2.24, 2.45) is 5.92 Å². The Balaban J connectivity index is 1.36. The number of carbonyl (C=O) groups is 1. The van der Waals surface area contributed by atoms with E-state index in [2.05, 4.69) is 24.9 Å². The summed E-state index contributed by atoms with van der Waals surface area (Å²) in [7, 11) is -3.78. The Morgan fingerprint density at radius 2 is 1.93 bits per heavy atom. The molecule has 4 heterocycles. The summed E-state index contributed by atoms with van der Waals surface area (Å²) in [5, 5.41) is 7.98. The van der Waals surface area contributed by atoms with Gasteiger partial charge in [-0.15, -0.1) is 0 Å². The normalized spacial score (nSPS) is 19.3. The van der Waals surface area contributed by atoms with Crippen LogP contribution in [-0.4, -0.2) is 57.1 Å². The highest BCUT2D eigenvalue weighted by molar-refractivity contribution is 7.90. The van der Waals surface area contributed by atoms with Crippen molar-refractivity contribution >= 4 is 21.7 Å². The van der Waals surface area contributed by atoms with Crippen LogP contribution in [0.1, 0.15) is 38.2 Å². The van der Waals surface area contributed by atoms with Crippen LogP contribution in [0.25, 0.3) is 22.9 Å². The summed E-state index contributed by atoms with van der Waals surface area (Å²) in [4.78, 5) is 23.3. The molecule has 3 aromatic heterocycles. The molecule has 4 aromatic rings. The Hall–Kier alpha value is -4.20. The van der Waals surface area contributed by atoms with Crippen LogP contribution >= 0.6 is 0 Å². The van der Waals surface area contributed by atoms with Crippen molar-refractivity contribution in [1.82, 2.24) is 29.6 Å². The lowest BCUT2D eigenvalue weighted by atomic mass is 9.90. The minimum absolute atomic E-state index is 0.0708. The zero-order chi connectivity index (χ0) is 28.7. The molecule has 0 unspecified atom stereocenters. The highest BCUT2D eigenvalue weighted by Gasteiger charge is 2.42. The molecule has 1 N–H and O–H groups in total. The lowest BCUT2D eigenvalue weighted by Gasteiger charge is -2.39. The van der Waals surface area contributed by atoms with Crippen molar-refractivity contribution in [2.75, 3.05) is 11.4 Å². The van der Waals surface area contributed by atoms with E-state index in [0.717, 1.165) is 6.20 Å². The van der Waals surface area contributed by atoms with E-state index in [1.54, 1.807) is 30.3 Å². The van der Waals surface area contributed by atoms with Crippen LogP contribution < -0.4 is 9.62 Å². The Bertz CT molecular complexity index is 1690. The Kier molecular flexibility index (Phi) is 7.01. The van der Waals surface area contributed by atoms with E-state index in [-0.39, 0.29) is 29.8 Å². The molecule has 1 saturated carbocycles. The molecule has 2 fully saturated rings. The fourth-order valence-electron chi connectivity index (χ4n) is 5.16. The lowest BCUT2D eigenvalue weighted by Crippen LogP contribution is -2.55. The van der Waals surface area contributed by atoms with Gasteiger partial charge < -0.3 is 9.42 Å². The van der Waals surface area contributed by atoms with Crippen LogP contribution in [-0.2, 0) is 21.4 Å². The molecule has 0 spiro atoms. The molecule has 0 bridgehead atoms.